The van der Waals surface area contributed by atoms with Crippen LogP contribution >= 0.6 is 0 Å². The van der Waals surface area contributed by atoms with Gasteiger partial charge < -0.3 is 20.2 Å². The Morgan fingerprint density at radius 1 is 1.52 bits per heavy atom. The third kappa shape index (κ3) is 2.29. The van der Waals surface area contributed by atoms with Gasteiger partial charge in [0.25, 0.3) is 5.56 Å². The molecule has 120 valence electrons. The molecule has 7 nitrogen and oxygen atoms in total. The molecule has 0 spiro atoms. The standard InChI is InChI=1S/C16H18N4O3/c1-8-2-3-10-12(13(8)17)14-15(23-10)16(22)19-11(18-14)7-20-5-4-9(21)6-20/h2-3,9,21H,4-7,17H2,1H3,(H,18,19,22)/t9-/m0/s1. The van der Waals surface area contributed by atoms with Crippen LogP contribution in [0, 0.1) is 6.92 Å². The third-order valence-corrected chi connectivity index (χ3v) is 4.42. The number of aliphatic hydroxyl groups is 1. The Hall–Kier alpha value is -2.38. The highest BCUT2D eigenvalue weighted by atomic mass is 16.3. The van der Waals surface area contributed by atoms with Crippen molar-refractivity contribution in [2.75, 3.05) is 18.8 Å². The van der Waals surface area contributed by atoms with E-state index in [1.54, 1.807) is 6.07 Å². The molecule has 1 saturated heterocycles. The summed E-state index contributed by atoms with van der Waals surface area (Å²) >= 11 is 0. The highest BCUT2D eigenvalue weighted by Gasteiger charge is 2.22. The molecule has 0 saturated carbocycles. The van der Waals surface area contributed by atoms with Crippen molar-refractivity contribution < 1.29 is 9.52 Å². The van der Waals surface area contributed by atoms with Crippen LogP contribution < -0.4 is 11.3 Å². The van der Waals surface area contributed by atoms with Gasteiger partial charge in [-0.05, 0) is 25.0 Å². The van der Waals surface area contributed by atoms with Gasteiger partial charge in [0.15, 0.2) is 0 Å². The van der Waals surface area contributed by atoms with Gasteiger partial charge in [0, 0.05) is 18.8 Å². The number of fused-ring (bicyclic) bond motifs is 3. The summed E-state index contributed by atoms with van der Waals surface area (Å²) in [6.07, 6.45) is 0.436. The maximum absolute atomic E-state index is 12.3. The van der Waals surface area contributed by atoms with Crippen LogP contribution in [0.3, 0.4) is 0 Å². The van der Waals surface area contributed by atoms with Gasteiger partial charge in [0.1, 0.15) is 16.9 Å². The predicted molar refractivity (Wildman–Crippen MR) is 87.2 cm³/mol. The topological polar surface area (TPSA) is 108 Å². The van der Waals surface area contributed by atoms with Crippen LogP contribution in [0.2, 0.25) is 0 Å². The number of nitrogens with zero attached hydrogens (tertiary/aromatic N) is 2. The lowest BCUT2D eigenvalue weighted by Crippen LogP contribution is -2.24. The largest absolute Gasteiger partial charge is 0.448 e. The lowest BCUT2D eigenvalue weighted by molar-refractivity contribution is 0.174. The molecule has 23 heavy (non-hydrogen) atoms. The molecule has 4 N–H and O–H groups in total. The maximum Gasteiger partial charge on any atom is 0.294 e. The maximum atomic E-state index is 12.3. The molecule has 0 aliphatic carbocycles. The van der Waals surface area contributed by atoms with Crippen molar-refractivity contribution >= 4 is 27.8 Å². The van der Waals surface area contributed by atoms with Gasteiger partial charge in [0.2, 0.25) is 5.58 Å². The van der Waals surface area contributed by atoms with E-state index in [1.165, 1.54) is 0 Å². The smallest absolute Gasteiger partial charge is 0.294 e. The second kappa shape index (κ2) is 5.07. The van der Waals surface area contributed by atoms with Gasteiger partial charge in [-0.15, -0.1) is 0 Å². The number of furan rings is 1. The van der Waals surface area contributed by atoms with E-state index in [4.69, 9.17) is 10.2 Å². The van der Waals surface area contributed by atoms with Crippen molar-refractivity contribution in [2.24, 2.45) is 0 Å². The van der Waals surface area contributed by atoms with E-state index in [2.05, 4.69) is 14.9 Å². The number of aliphatic hydroxyl groups excluding tert-OH is 1. The number of rotatable bonds is 2. The number of nitrogen functional groups attached to an aromatic ring is 1. The normalized spacial score (nSPS) is 19.1. The Balaban J connectivity index is 1.86. The van der Waals surface area contributed by atoms with Crippen LogP contribution in [-0.4, -0.2) is 39.2 Å². The molecule has 1 atom stereocenters. The molecule has 3 heterocycles. The van der Waals surface area contributed by atoms with Gasteiger partial charge >= 0.3 is 0 Å². The molecule has 0 bridgehead atoms. The molecule has 3 aromatic rings. The van der Waals surface area contributed by atoms with Crippen molar-refractivity contribution in [1.29, 1.82) is 0 Å². The molecule has 1 fully saturated rings. The van der Waals surface area contributed by atoms with Gasteiger partial charge in [-0.3, -0.25) is 9.69 Å². The number of aryl methyl sites for hydroxylation is 1. The van der Waals surface area contributed by atoms with Crippen LogP contribution in [0.25, 0.3) is 22.1 Å². The molecule has 0 unspecified atom stereocenters. The number of aromatic amines is 1. The number of hydrogen-bond donors (Lipinski definition) is 3. The third-order valence-electron chi connectivity index (χ3n) is 4.42. The zero-order valence-corrected chi connectivity index (χ0v) is 12.8. The molecule has 2 aromatic heterocycles. The molecule has 1 aromatic carbocycles. The predicted octanol–water partition coefficient (Wildman–Crippen LogP) is 1.13. The van der Waals surface area contributed by atoms with E-state index in [9.17, 15) is 9.90 Å². The van der Waals surface area contributed by atoms with E-state index in [1.807, 2.05) is 13.0 Å². The number of nitrogens with one attached hydrogen (secondary N) is 1. The first kappa shape index (κ1) is 14.2. The summed E-state index contributed by atoms with van der Waals surface area (Å²) in [5, 5.41) is 10.3. The number of aromatic nitrogens is 2. The van der Waals surface area contributed by atoms with Crippen molar-refractivity contribution in [3.63, 3.8) is 0 Å². The number of hydrogen-bond acceptors (Lipinski definition) is 6. The average molecular weight is 314 g/mol. The zero-order chi connectivity index (χ0) is 16.1. The molecule has 7 heteroatoms. The molecule has 1 aliphatic rings. The van der Waals surface area contributed by atoms with Gasteiger partial charge in [-0.1, -0.05) is 6.07 Å². The Kier molecular flexibility index (Phi) is 3.14. The second-order valence-corrected chi connectivity index (χ2v) is 6.14. The Morgan fingerprint density at radius 3 is 3.09 bits per heavy atom. The highest BCUT2D eigenvalue weighted by molar-refractivity contribution is 6.09. The minimum atomic E-state index is -0.307. The van der Waals surface area contributed by atoms with Crippen LogP contribution in [0.4, 0.5) is 5.69 Å². The van der Waals surface area contributed by atoms with Crippen molar-refractivity contribution in [2.45, 2.75) is 26.0 Å². The fourth-order valence-electron chi connectivity index (χ4n) is 3.16. The molecular weight excluding hydrogens is 296 g/mol. The summed E-state index contributed by atoms with van der Waals surface area (Å²) in [6, 6.07) is 3.67. The summed E-state index contributed by atoms with van der Waals surface area (Å²) in [5.74, 6) is 0.556. The summed E-state index contributed by atoms with van der Waals surface area (Å²) in [6.45, 7) is 3.78. The van der Waals surface area contributed by atoms with Crippen molar-refractivity contribution in [3.8, 4) is 0 Å². The number of anilines is 1. The Bertz CT molecular complexity index is 959. The van der Waals surface area contributed by atoms with Gasteiger partial charge in [-0.25, -0.2) is 4.98 Å². The van der Waals surface area contributed by atoms with Crippen molar-refractivity contribution in [1.82, 2.24) is 14.9 Å². The van der Waals surface area contributed by atoms with E-state index < -0.39 is 0 Å². The Morgan fingerprint density at radius 2 is 2.35 bits per heavy atom. The lowest BCUT2D eigenvalue weighted by atomic mass is 10.1. The summed E-state index contributed by atoms with van der Waals surface area (Å²) in [5.41, 5.74) is 8.62. The van der Waals surface area contributed by atoms with Crippen LogP contribution in [-0.2, 0) is 6.54 Å². The lowest BCUT2D eigenvalue weighted by Gasteiger charge is -2.13. The van der Waals surface area contributed by atoms with E-state index in [0.717, 1.165) is 18.5 Å². The number of likely N-dealkylation sites (tertiary alicyclic amines) is 1. The quantitative estimate of drug-likeness (QED) is 0.612. The van der Waals surface area contributed by atoms with E-state index in [0.29, 0.717) is 41.1 Å². The van der Waals surface area contributed by atoms with Crippen LogP contribution in [0.15, 0.2) is 21.3 Å². The summed E-state index contributed by atoms with van der Waals surface area (Å²) < 4.78 is 5.62. The Labute approximate surface area is 131 Å². The number of nitrogens with two attached hydrogens (primary N) is 1. The minimum Gasteiger partial charge on any atom is -0.448 e. The number of β-amino-alcohol motifs (C(OH)–C–C–N with tert-alkyl or cyclic N) is 1. The molecule has 1 aliphatic heterocycles. The molecule has 0 radical (unpaired) electrons. The molecular formula is C16H18N4O3. The number of benzene rings is 1. The van der Waals surface area contributed by atoms with Crippen molar-refractivity contribution in [3.05, 3.63) is 33.9 Å². The second-order valence-electron chi connectivity index (χ2n) is 6.14. The number of H-pyrrole nitrogens is 1. The fraction of sp³-hybridized carbons (Fsp3) is 0.375. The first-order chi connectivity index (χ1) is 11.0. The zero-order valence-electron chi connectivity index (χ0n) is 12.8. The van der Waals surface area contributed by atoms with E-state index in [-0.39, 0.29) is 17.2 Å². The molecule has 0 amide bonds. The first-order valence-corrected chi connectivity index (χ1v) is 7.64. The SMILES string of the molecule is Cc1ccc2oc3c(=O)[nH]c(CN4CC[C@H](O)C4)nc3c2c1N. The van der Waals surface area contributed by atoms with Crippen LogP contribution in [0.1, 0.15) is 17.8 Å². The molecule has 4 rings (SSSR count). The van der Waals surface area contributed by atoms with Crippen LogP contribution in [0.5, 0.6) is 0 Å². The van der Waals surface area contributed by atoms with Gasteiger partial charge in [0.05, 0.1) is 18.0 Å². The minimum absolute atomic E-state index is 0.197. The average Bonchev–Trinajstić information content (AvgIpc) is 3.07. The van der Waals surface area contributed by atoms with Gasteiger partial charge in [-0.2, -0.15) is 0 Å². The highest BCUT2D eigenvalue weighted by Crippen LogP contribution is 2.32. The summed E-state index contributed by atoms with van der Waals surface area (Å²) in [7, 11) is 0. The monoisotopic (exact) mass is 314 g/mol. The fourth-order valence-corrected chi connectivity index (χ4v) is 3.16. The first-order valence-electron chi connectivity index (χ1n) is 7.64. The van der Waals surface area contributed by atoms with E-state index >= 15 is 0 Å². The summed E-state index contributed by atoms with van der Waals surface area (Å²) in [4.78, 5) is 21.7.